The van der Waals surface area contributed by atoms with E-state index in [4.69, 9.17) is 23.2 Å². The second-order valence-electron chi connectivity index (χ2n) is 5.66. The van der Waals surface area contributed by atoms with Gasteiger partial charge >= 0.3 is 0 Å². The van der Waals surface area contributed by atoms with E-state index >= 15 is 0 Å². The predicted octanol–water partition coefficient (Wildman–Crippen LogP) is 4.42. The van der Waals surface area contributed by atoms with Crippen molar-refractivity contribution >= 4 is 34.8 Å². The summed E-state index contributed by atoms with van der Waals surface area (Å²) in [6.07, 6.45) is 0. The smallest absolute Gasteiger partial charge is 0.267 e. The number of nitrogens with zero attached hydrogens (tertiary/aromatic N) is 2. The van der Waals surface area contributed by atoms with Crippen LogP contribution in [0.2, 0.25) is 10.0 Å². The minimum Gasteiger partial charge on any atom is -0.323 e. The number of hydrogen-bond acceptors (Lipinski definition) is 3. The monoisotopic (exact) mass is 387 g/mol. The van der Waals surface area contributed by atoms with Gasteiger partial charge in [-0.1, -0.05) is 53.5 Å². The lowest BCUT2D eigenvalue weighted by Crippen LogP contribution is -2.33. The Labute approximate surface area is 160 Å². The molecule has 1 N–H and O–H groups in total. The molecule has 0 fully saturated rings. The van der Waals surface area contributed by atoms with Crippen molar-refractivity contribution in [3.05, 3.63) is 81.1 Å². The summed E-state index contributed by atoms with van der Waals surface area (Å²) in [6, 6.07) is 16.4. The summed E-state index contributed by atoms with van der Waals surface area (Å²) in [5, 5.41) is 7.81. The van der Waals surface area contributed by atoms with Gasteiger partial charge in [-0.25, -0.2) is 4.68 Å². The van der Waals surface area contributed by atoms with E-state index in [-0.39, 0.29) is 5.56 Å². The molecule has 0 saturated heterocycles. The molecule has 0 saturated carbocycles. The van der Waals surface area contributed by atoms with Crippen molar-refractivity contribution in [3.8, 4) is 11.3 Å². The number of anilines is 1. The van der Waals surface area contributed by atoms with Gasteiger partial charge in [0.05, 0.1) is 16.4 Å². The molecule has 132 valence electrons. The number of aromatic nitrogens is 2. The molecular weight excluding hydrogens is 373 g/mol. The number of amides is 1. The van der Waals surface area contributed by atoms with Crippen molar-refractivity contribution in [3.63, 3.8) is 0 Å². The van der Waals surface area contributed by atoms with Crippen LogP contribution in [-0.2, 0) is 4.79 Å². The molecule has 1 heterocycles. The third-order valence-electron chi connectivity index (χ3n) is 3.83. The Balaban J connectivity index is 1.89. The molecule has 0 aliphatic heterocycles. The summed E-state index contributed by atoms with van der Waals surface area (Å²) in [5.41, 5.74) is 1.46. The Bertz CT molecular complexity index is 1000. The van der Waals surface area contributed by atoms with Crippen LogP contribution in [0.4, 0.5) is 5.69 Å². The molecule has 2 aromatic carbocycles. The van der Waals surface area contributed by atoms with Crippen molar-refractivity contribution in [1.82, 2.24) is 9.78 Å². The highest BCUT2D eigenvalue weighted by Gasteiger charge is 2.19. The van der Waals surface area contributed by atoms with E-state index in [1.165, 1.54) is 6.07 Å². The van der Waals surface area contributed by atoms with E-state index in [0.29, 0.717) is 21.4 Å². The standard InChI is InChI=1S/C19H15Cl2N3O2/c1-12(19(26)22-17-11-14(20)7-8-15(17)21)24-18(25)10-9-16(23-24)13-5-3-2-4-6-13/h2-12H,1H3,(H,22,26). The van der Waals surface area contributed by atoms with Crippen LogP contribution >= 0.6 is 23.2 Å². The quantitative estimate of drug-likeness (QED) is 0.720. The number of benzene rings is 2. The van der Waals surface area contributed by atoms with E-state index in [9.17, 15) is 9.59 Å². The topological polar surface area (TPSA) is 64.0 Å². The number of halogens is 2. The minimum absolute atomic E-state index is 0.355. The maximum Gasteiger partial charge on any atom is 0.267 e. The molecule has 0 radical (unpaired) electrons. The third-order valence-corrected chi connectivity index (χ3v) is 4.39. The van der Waals surface area contributed by atoms with Crippen LogP contribution in [0.25, 0.3) is 11.3 Å². The predicted molar refractivity (Wildman–Crippen MR) is 104 cm³/mol. The van der Waals surface area contributed by atoms with Gasteiger partial charge in [-0.05, 0) is 31.2 Å². The number of carbonyl (C=O) groups excluding carboxylic acids is 1. The molecule has 0 aliphatic rings. The van der Waals surface area contributed by atoms with Gasteiger partial charge < -0.3 is 5.32 Å². The van der Waals surface area contributed by atoms with Gasteiger partial charge in [0.1, 0.15) is 6.04 Å². The first-order valence-electron chi connectivity index (χ1n) is 7.87. The second-order valence-corrected chi connectivity index (χ2v) is 6.50. The first-order valence-corrected chi connectivity index (χ1v) is 8.62. The summed E-state index contributed by atoms with van der Waals surface area (Å²) in [5.74, 6) is -0.422. The Morgan fingerprint density at radius 1 is 1.08 bits per heavy atom. The van der Waals surface area contributed by atoms with Crippen LogP contribution in [0.1, 0.15) is 13.0 Å². The molecule has 26 heavy (non-hydrogen) atoms. The summed E-state index contributed by atoms with van der Waals surface area (Å²) in [6.45, 7) is 1.59. The van der Waals surface area contributed by atoms with Gasteiger partial charge in [0, 0.05) is 16.7 Å². The molecule has 3 rings (SSSR count). The van der Waals surface area contributed by atoms with Gasteiger partial charge in [-0.2, -0.15) is 5.10 Å². The zero-order chi connectivity index (χ0) is 18.7. The molecule has 0 aliphatic carbocycles. The maximum atomic E-state index is 12.6. The Kier molecular flexibility index (Phi) is 5.40. The van der Waals surface area contributed by atoms with Gasteiger partial charge in [-0.15, -0.1) is 0 Å². The van der Waals surface area contributed by atoms with E-state index < -0.39 is 11.9 Å². The summed E-state index contributed by atoms with van der Waals surface area (Å²) in [7, 11) is 0. The van der Waals surface area contributed by atoms with Crippen molar-refractivity contribution in [2.24, 2.45) is 0 Å². The molecule has 0 spiro atoms. The van der Waals surface area contributed by atoms with E-state index in [1.807, 2.05) is 30.3 Å². The van der Waals surface area contributed by atoms with E-state index in [2.05, 4.69) is 10.4 Å². The molecule has 5 nitrogen and oxygen atoms in total. The molecular formula is C19H15Cl2N3O2. The van der Waals surface area contributed by atoms with Crippen LogP contribution in [0, 0.1) is 0 Å². The van der Waals surface area contributed by atoms with Crippen LogP contribution in [-0.4, -0.2) is 15.7 Å². The van der Waals surface area contributed by atoms with Gasteiger partial charge in [0.15, 0.2) is 0 Å². The SMILES string of the molecule is CC(C(=O)Nc1cc(Cl)ccc1Cl)n1nc(-c2ccccc2)ccc1=O. The molecule has 7 heteroatoms. The Hall–Kier alpha value is -2.63. The van der Waals surface area contributed by atoms with E-state index in [0.717, 1.165) is 10.2 Å². The average Bonchev–Trinajstić information content (AvgIpc) is 2.65. The largest absolute Gasteiger partial charge is 0.323 e. The van der Waals surface area contributed by atoms with E-state index in [1.54, 1.807) is 31.2 Å². The van der Waals surface area contributed by atoms with Crippen LogP contribution in [0.5, 0.6) is 0 Å². The number of rotatable bonds is 4. The molecule has 1 atom stereocenters. The Morgan fingerprint density at radius 3 is 2.54 bits per heavy atom. The van der Waals surface area contributed by atoms with Crippen molar-refractivity contribution in [2.75, 3.05) is 5.32 Å². The fraction of sp³-hybridized carbons (Fsp3) is 0.105. The molecule has 3 aromatic rings. The molecule has 1 aromatic heterocycles. The lowest BCUT2D eigenvalue weighted by Gasteiger charge is -2.15. The van der Waals surface area contributed by atoms with Gasteiger partial charge in [0.25, 0.3) is 5.56 Å². The van der Waals surface area contributed by atoms with Crippen molar-refractivity contribution in [1.29, 1.82) is 0 Å². The number of carbonyl (C=O) groups is 1. The highest BCUT2D eigenvalue weighted by molar-refractivity contribution is 6.35. The van der Waals surface area contributed by atoms with Crippen molar-refractivity contribution < 1.29 is 4.79 Å². The number of nitrogens with one attached hydrogen (secondary N) is 1. The number of hydrogen-bond donors (Lipinski definition) is 1. The maximum absolute atomic E-state index is 12.6. The second kappa shape index (κ2) is 7.72. The lowest BCUT2D eigenvalue weighted by molar-refractivity contribution is -0.119. The summed E-state index contributed by atoms with van der Waals surface area (Å²) in [4.78, 5) is 24.8. The fourth-order valence-corrected chi connectivity index (χ4v) is 2.74. The zero-order valence-electron chi connectivity index (χ0n) is 13.8. The third kappa shape index (κ3) is 3.95. The van der Waals surface area contributed by atoms with Gasteiger partial charge in [-0.3, -0.25) is 9.59 Å². The summed E-state index contributed by atoms with van der Waals surface area (Å²) < 4.78 is 1.15. The van der Waals surface area contributed by atoms with Crippen molar-refractivity contribution in [2.45, 2.75) is 13.0 Å². The zero-order valence-corrected chi connectivity index (χ0v) is 15.3. The summed E-state index contributed by atoms with van der Waals surface area (Å²) >= 11 is 12.0. The Morgan fingerprint density at radius 2 is 1.81 bits per heavy atom. The highest BCUT2D eigenvalue weighted by Crippen LogP contribution is 2.26. The van der Waals surface area contributed by atoms with Crippen LogP contribution in [0.3, 0.4) is 0 Å². The fourth-order valence-electron chi connectivity index (χ4n) is 2.41. The van der Waals surface area contributed by atoms with Gasteiger partial charge in [0.2, 0.25) is 5.91 Å². The molecule has 1 unspecified atom stereocenters. The lowest BCUT2D eigenvalue weighted by atomic mass is 10.1. The minimum atomic E-state index is -0.832. The van der Waals surface area contributed by atoms with Crippen LogP contribution < -0.4 is 10.9 Å². The normalized spacial score (nSPS) is 11.8. The first kappa shape index (κ1) is 18.2. The average molecular weight is 388 g/mol. The molecule has 0 bridgehead atoms. The first-order chi connectivity index (χ1) is 12.5. The highest BCUT2D eigenvalue weighted by atomic mass is 35.5. The van der Waals surface area contributed by atoms with Crippen LogP contribution in [0.15, 0.2) is 65.5 Å². The molecule has 1 amide bonds.